The summed E-state index contributed by atoms with van der Waals surface area (Å²) in [6.45, 7) is 1.55. The first-order chi connectivity index (χ1) is 7.34. The number of nitrogens with zero attached hydrogens (tertiary/aromatic N) is 1. The molecule has 0 atom stereocenters. The van der Waals surface area contributed by atoms with Gasteiger partial charge in [-0.3, -0.25) is 0 Å². The fourth-order valence-corrected chi connectivity index (χ4v) is 1.66. The van der Waals surface area contributed by atoms with Crippen molar-refractivity contribution >= 4 is 15.9 Å². The lowest BCUT2D eigenvalue weighted by atomic mass is 10.3. The van der Waals surface area contributed by atoms with Crippen LogP contribution in [0.5, 0.6) is 0 Å². The molecule has 15 heavy (non-hydrogen) atoms. The topological polar surface area (TPSA) is 38.1 Å². The predicted octanol–water partition coefficient (Wildman–Crippen LogP) is 2.73. The first-order valence-electron chi connectivity index (χ1n) is 4.68. The molecule has 2 aromatic heterocycles. The van der Waals surface area contributed by atoms with Gasteiger partial charge in [-0.1, -0.05) is 6.07 Å². The third-order valence-electron chi connectivity index (χ3n) is 1.99. The minimum Gasteiger partial charge on any atom is -0.472 e. The maximum Gasteiger partial charge on any atom is 0.106 e. The van der Waals surface area contributed by atoms with Gasteiger partial charge in [-0.05, 0) is 34.1 Å². The van der Waals surface area contributed by atoms with Gasteiger partial charge in [0.25, 0.3) is 0 Å². The molecule has 3 nitrogen and oxygen atoms in total. The van der Waals surface area contributed by atoms with Crippen LogP contribution in [0.15, 0.2) is 45.8 Å². The minimum atomic E-state index is 0.755. The number of hydrogen-bond acceptors (Lipinski definition) is 3. The van der Waals surface area contributed by atoms with Crippen molar-refractivity contribution in [3.05, 3.63) is 52.7 Å². The van der Waals surface area contributed by atoms with Crippen molar-refractivity contribution in [3.8, 4) is 0 Å². The molecule has 78 valence electrons. The summed E-state index contributed by atoms with van der Waals surface area (Å²) < 4.78 is 5.84. The Bertz CT molecular complexity index is 414. The van der Waals surface area contributed by atoms with Crippen molar-refractivity contribution in [2.75, 3.05) is 0 Å². The average molecular weight is 267 g/mol. The monoisotopic (exact) mass is 266 g/mol. The molecule has 0 spiro atoms. The van der Waals surface area contributed by atoms with Crippen LogP contribution in [0, 0.1) is 0 Å². The van der Waals surface area contributed by atoms with Crippen LogP contribution >= 0.6 is 15.9 Å². The van der Waals surface area contributed by atoms with Crippen LogP contribution in [-0.4, -0.2) is 4.98 Å². The number of pyridine rings is 1. The van der Waals surface area contributed by atoms with Crippen molar-refractivity contribution < 1.29 is 4.42 Å². The van der Waals surface area contributed by atoms with Gasteiger partial charge in [0.2, 0.25) is 0 Å². The van der Waals surface area contributed by atoms with E-state index in [4.69, 9.17) is 4.42 Å². The summed E-state index contributed by atoms with van der Waals surface area (Å²) in [4.78, 5) is 4.32. The standard InChI is InChI=1S/C11H11BrN2O/c12-11-3-1-2-10(14-11)7-13-6-9-4-5-15-8-9/h1-5,8,13H,6-7H2. The van der Waals surface area contributed by atoms with Crippen LogP contribution in [0.2, 0.25) is 0 Å². The second-order valence-electron chi connectivity index (χ2n) is 3.19. The van der Waals surface area contributed by atoms with Crippen molar-refractivity contribution in [2.24, 2.45) is 0 Å². The number of furan rings is 1. The SMILES string of the molecule is Brc1cccc(CNCc2ccoc2)n1. The summed E-state index contributed by atoms with van der Waals surface area (Å²) in [6.07, 6.45) is 3.41. The Kier molecular flexibility index (Phi) is 3.53. The molecule has 2 heterocycles. The molecule has 2 aromatic rings. The fourth-order valence-electron chi connectivity index (χ4n) is 1.28. The van der Waals surface area contributed by atoms with E-state index in [2.05, 4.69) is 26.2 Å². The molecule has 0 aromatic carbocycles. The van der Waals surface area contributed by atoms with E-state index in [0.717, 1.165) is 29.0 Å². The second-order valence-corrected chi connectivity index (χ2v) is 4.00. The minimum absolute atomic E-state index is 0.755. The Labute approximate surface area is 96.6 Å². The molecular weight excluding hydrogens is 256 g/mol. The number of nitrogens with one attached hydrogen (secondary N) is 1. The normalized spacial score (nSPS) is 10.5. The fraction of sp³-hybridized carbons (Fsp3) is 0.182. The maximum atomic E-state index is 4.97. The third-order valence-corrected chi connectivity index (χ3v) is 2.43. The van der Waals surface area contributed by atoms with Gasteiger partial charge in [-0.2, -0.15) is 0 Å². The molecule has 0 bridgehead atoms. The first-order valence-corrected chi connectivity index (χ1v) is 5.47. The van der Waals surface area contributed by atoms with Crippen LogP contribution < -0.4 is 5.32 Å². The quantitative estimate of drug-likeness (QED) is 0.865. The molecule has 0 saturated heterocycles. The highest BCUT2D eigenvalue weighted by molar-refractivity contribution is 9.10. The number of hydrogen-bond donors (Lipinski definition) is 1. The molecule has 1 N–H and O–H groups in total. The summed E-state index contributed by atoms with van der Waals surface area (Å²) in [7, 11) is 0. The number of rotatable bonds is 4. The molecule has 2 rings (SSSR count). The van der Waals surface area contributed by atoms with Crippen LogP contribution in [0.3, 0.4) is 0 Å². The van der Waals surface area contributed by atoms with E-state index < -0.39 is 0 Å². The Morgan fingerprint density at radius 3 is 2.93 bits per heavy atom. The van der Waals surface area contributed by atoms with Gasteiger partial charge in [-0.25, -0.2) is 4.98 Å². The highest BCUT2D eigenvalue weighted by Gasteiger charge is 1.96. The van der Waals surface area contributed by atoms with Gasteiger partial charge >= 0.3 is 0 Å². The molecule has 0 radical (unpaired) electrons. The smallest absolute Gasteiger partial charge is 0.106 e. The van der Waals surface area contributed by atoms with Crippen molar-refractivity contribution in [3.63, 3.8) is 0 Å². The van der Waals surface area contributed by atoms with E-state index in [9.17, 15) is 0 Å². The van der Waals surface area contributed by atoms with Crippen LogP contribution in [0.25, 0.3) is 0 Å². The maximum absolute atomic E-state index is 4.97. The lowest BCUT2D eigenvalue weighted by Crippen LogP contribution is -2.13. The summed E-state index contributed by atoms with van der Waals surface area (Å²) in [5, 5.41) is 3.29. The van der Waals surface area contributed by atoms with E-state index in [1.165, 1.54) is 0 Å². The van der Waals surface area contributed by atoms with Gasteiger partial charge in [0.05, 0.1) is 18.2 Å². The van der Waals surface area contributed by atoms with E-state index in [1.54, 1.807) is 12.5 Å². The highest BCUT2D eigenvalue weighted by Crippen LogP contribution is 2.06. The first kappa shape index (κ1) is 10.4. The largest absolute Gasteiger partial charge is 0.472 e. The molecular formula is C11H11BrN2O. The zero-order valence-electron chi connectivity index (χ0n) is 8.11. The van der Waals surface area contributed by atoms with Crippen molar-refractivity contribution in [2.45, 2.75) is 13.1 Å². The molecule has 0 aliphatic carbocycles. The second kappa shape index (κ2) is 5.09. The number of halogens is 1. The van der Waals surface area contributed by atoms with Gasteiger partial charge in [0.1, 0.15) is 4.60 Å². The molecule has 0 saturated carbocycles. The van der Waals surface area contributed by atoms with Gasteiger partial charge < -0.3 is 9.73 Å². The van der Waals surface area contributed by atoms with Crippen LogP contribution in [0.4, 0.5) is 0 Å². The van der Waals surface area contributed by atoms with Crippen molar-refractivity contribution in [1.82, 2.24) is 10.3 Å². The highest BCUT2D eigenvalue weighted by atomic mass is 79.9. The summed E-state index contributed by atoms with van der Waals surface area (Å²) in [5.74, 6) is 0. The summed E-state index contributed by atoms with van der Waals surface area (Å²) in [6, 6.07) is 7.83. The Balaban J connectivity index is 1.83. The van der Waals surface area contributed by atoms with Crippen molar-refractivity contribution in [1.29, 1.82) is 0 Å². The van der Waals surface area contributed by atoms with E-state index >= 15 is 0 Å². The average Bonchev–Trinajstić information content (AvgIpc) is 2.71. The Hall–Kier alpha value is -1.13. The molecule has 0 aliphatic heterocycles. The number of aromatic nitrogens is 1. The van der Waals surface area contributed by atoms with E-state index in [0.29, 0.717) is 0 Å². The molecule has 0 unspecified atom stereocenters. The lowest BCUT2D eigenvalue weighted by Gasteiger charge is -2.02. The lowest BCUT2D eigenvalue weighted by molar-refractivity contribution is 0.560. The van der Waals surface area contributed by atoms with Gasteiger partial charge in [0, 0.05) is 18.7 Å². The summed E-state index contributed by atoms with van der Waals surface area (Å²) >= 11 is 3.34. The molecule has 0 amide bonds. The Morgan fingerprint density at radius 2 is 2.20 bits per heavy atom. The van der Waals surface area contributed by atoms with Gasteiger partial charge in [0.15, 0.2) is 0 Å². The summed E-state index contributed by atoms with van der Waals surface area (Å²) in [5.41, 5.74) is 2.16. The van der Waals surface area contributed by atoms with E-state index in [1.807, 2.05) is 24.3 Å². The predicted molar refractivity (Wildman–Crippen MR) is 61.2 cm³/mol. The van der Waals surface area contributed by atoms with Crippen LogP contribution in [0.1, 0.15) is 11.3 Å². The van der Waals surface area contributed by atoms with E-state index in [-0.39, 0.29) is 0 Å². The molecule has 0 aliphatic rings. The molecule has 4 heteroatoms. The van der Waals surface area contributed by atoms with Gasteiger partial charge in [-0.15, -0.1) is 0 Å². The zero-order valence-corrected chi connectivity index (χ0v) is 9.70. The Morgan fingerprint density at radius 1 is 1.27 bits per heavy atom. The molecule has 0 fully saturated rings. The third kappa shape index (κ3) is 3.18. The van der Waals surface area contributed by atoms with Crippen LogP contribution in [-0.2, 0) is 13.1 Å². The zero-order chi connectivity index (χ0) is 10.5.